The van der Waals surface area contributed by atoms with E-state index in [2.05, 4.69) is 104 Å². The van der Waals surface area contributed by atoms with Crippen LogP contribution in [0.2, 0.25) is 0 Å². The molecule has 0 atom stereocenters. The summed E-state index contributed by atoms with van der Waals surface area (Å²) < 4.78 is 0. The van der Waals surface area contributed by atoms with E-state index >= 15 is 0 Å². The maximum absolute atomic E-state index is 9.27. The number of benzene rings is 3. The van der Waals surface area contributed by atoms with Crippen LogP contribution in [0, 0.1) is 12.3 Å². The van der Waals surface area contributed by atoms with Gasteiger partial charge in [-0.1, -0.05) is 78.4 Å². The van der Waals surface area contributed by atoms with Crippen molar-refractivity contribution in [2.75, 3.05) is 32.1 Å². The number of anilines is 1. The molecular formula is C26H31N3. The molecule has 0 aliphatic rings. The lowest BCUT2D eigenvalue weighted by Crippen LogP contribution is -2.37. The van der Waals surface area contributed by atoms with E-state index in [-0.39, 0.29) is 5.92 Å². The molecule has 0 saturated carbocycles. The van der Waals surface area contributed by atoms with E-state index in [0.717, 1.165) is 36.3 Å². The molecule has 3 rings (SSSR count). The zero-order valence-corrected chi connectivity index (χ0v) is 17.7. The van der Waals surface area contributed by atoms with Gasteiger partial charge >= 0.3 is 0 Å². The first-order chi connectivity index (χ1) is 14.1. The summed E-state index contributed by atoms with van der Waals surface area (Å²) in [6.07, 6.45) is 1.000. The van der Waals surface area contributed by atoms with Crippen molar-refractivity contribution in [3.05, 3.63) is 102 Å². The predicted molar refractivity (Wildman–Crippen MR) is 124 cm³/mol. The predicted octanol–water partition coefficient (Wildman–Crippen LogP) is 5.56. The third-order valence-electron chi connectivity index (χ3n) is 5.16. The molecule has 3 heteroatoms. The van der Waals surface area contributed by atoms with Crippen molar-refractivity contribution >= 4 is 11.5 Å². The van der Waals surface area contributed by atoms with Crippen LogP contribution < -0.4 is 4.90 Å². The third kappa shape index (κ3) is 5.55. The minimum atomic E-state index is -0.0990. The summed E-state index contributed by atoms with van der Waals surface area (Å²) in [5.74, 6) is 0.517. The van der Waals surface area contributed by atoms with Gasteiger partial charge in [0.2, 0.25) is 0 Å². The maximum Gasteiger partial charge on any atom is 0.112 e. The highest BCUT2D eigenvalue weighted by atomic mass is 15.2. The molecule has 0 spiro atoms. The number of hydrogen-bond acceptors (Lipinski definition) is 2. The first-order valence-corrected chi connectivity index (χ1v) is 10.2. The molecule has 0 aliphatic carbocycles. The smallest absolute Gasteiger partial charge is 0.112 e. The van der Waals surface area contributed by atoms with Crippen molar-refractivity contribution in [1.29, 1.82) is 5.41 Å². The van der Waals surface area contributed by atoms with E-state index in [1.807, 2.05) is 12.1 Å². The van der Waals surface area contributed by atoms with Gasteiger partial charge in [-0.05, 0) is 57.2 Å². The van der Waals surface area contributed by atoms with Crippen LogP contribution in [-0.4, -0.2) is 37.9 Å². The summed E-state index contributed by atoms with van der Waals surface area (Å²) in [6, 6.07) is 29.3. The standard InChI is InChI=1S/C26H31N3/c1-21-15-17-24(18-16-21)29(20-10-19-28(2)3)26(27)25(22-11-6-4-7-12-22)23-13-8-5-9-14-23/h4-9,11-18,25,27H,10,19-20H2,1-3H3. The largest absolute Gasteiger partial charge is 0.330 e. The van der Waals surface area contributed by atoms with Crippen LogP contribution >= 0.6 is 0 Å². The van der Waals surface area contributed by atoms with Crippen LogP contribution in [-0.2, 0) is 0 Å². The topological polar surface area (TPSA) is 30.3 Å². The maximum atomic E-state index is 9.27. The average Bonchev–Trinajstić information content (AvgIpc) is 2.73. The van der Waals surface area contributed by atoms with Gasteiger partial charge in [-0.3, -0.25) is 5.41 Å². The minimum Gasteiger partial charge on any atom is -0.330 e. The summed E-state index contributed by atoms with van der Waals surface area (Å²) >= 11 is 0. The normalized spacial score (nSPS) is 11.1. The zero-order chi connectivity index (χ0) is 20.6. The van der Waals surface area contributed by atoms with Gasteiger partial charge in [-0.15, -0.1) is 0 Å². The van der Waals surface area contributed by atoms with Crippen molar-refractivity contribution in [3.8, 4) is 0 Å². The molecule has 150 valence electrons. The van der Waals surface area contributed by atoms with Crippen LogP contribution in [0.1, 0.15) is 29.0 Å². The fraction of sp³-hybridized carbons (Fsp3) is 0.269. The first-order valence-electron chi connectivity index (χ1n) is 10.2. The zero-order valence-electron chi connectivity index (χ0n) is 17.7. The molecule has 0 amide bonds. The van der Waals surface area contributed by atoms with Crippen molar-refractivity contribution < 1.29 is 0 Å². The highest BCUT2D eigenvalue weighted by Gasteiger charge is 2.25. The third-order valence-corrected chi connectivity index (χ3v) is 5.16. The summed E-state index contributed by atoms with van der Waals surface area (Å²) in [6.45, 7) is 3.91. The van der Waals surface area contributed by atoms with Gasteiger partial charge in [-0.25, -0.2) is 0 Å². The fourth-order valence-electron chi connectivity index (χ4n) is 3.61. The lowest BCUT2D eigenvalue weighted by molar-refractivity contribution is 0.403. The Balaban J connectivity index is 1.98. The molecule has 0 fully saturated rings. The summed E-state index contributed by atoms with van der Waals surface area (Å²) in [7, 11) is 4.19. The monoisotopic (exact) mass is 385 g/mol. The second-order valence-corrected chi connectivity index (χ2v) is 7.78. The molecule has 0 aliphatic heterocycles. The molecule has 3 aromatic carbocycles. The fourth-order valence-corrected chi connectivity index (χ4v) is 3.61. The van der Waals surface area contributed by atoms with Gasteiger partial charge < -0.3 is 9.80 Å². The first kappa shape index (κ1) is 20.8. The van der Waals surface area contributed by atoms with Gasteiger partial charge in [0.05, 0.1) is 5.92 Å². The number of nitrogens with zero attached hydrogens (tertiary/aromatic N) is 2. The van der Waals surface area contributed by atoms with Gasteiger partial charge in [-0.2, -0.15) is 0 Å². The number of rotatable bonds is 8. The summed E-state index contributed by atoms with van der Waals surface area (Å²) in [5.41, 5.74) is 4.61. The Morgan fingerprint density at radius 1 is 0.759 bits per heavy atom. The van der Waals surface area contributed by atoms with Gasteiger partial charge in [0.25, 0.3) is 0 Å². The second-order valence-electron chi connectivity index (χ2n) is 7.78. The highest BCUT2D eigenvalue weighted by Crippen LogP contribution is 2.29. The average molecular weight is 386 g/mol. The van der Waals surface area contributed by atoms with Crippen LogP contribution in [0.3, 0.4) is 0 Å². The Bertz CT molecular complexity index is 847. The summed E-state index contributed by atoms with van der Waals surface area (Å²) in [4.78, 5) is 4.37. The molecule has 1 N–H and O–H groups in total. The lowest BCUT2D eigenvalue weighted by atomic mass is 9.89. The van der Waals surface area contributed by atoms with Gasteiger partial charge in [0, 0.05) is 12.2 Å². The number of hydrogen-bond donors (Lipinski definition) is 1. The number of nitrogens with one attached hydrogen (secondary N) is 1. The van der Waals surface area contributed by atoms with E-state index in [1.54, 1.807) is 0 Å². The molecule has 29 heavy (non-hydrogen) atoms. The van der Waals surface area contributed by atoms with Gasteiger partial charge in [0.15, 0.2) is 0 Å². The van der Waals surface area contributed by atoms with Crippen LogP contribution in [0.15, 0.2) is 84.9 Å². The molecule has 0 radical (unpaired) electrons. The van der Waals surface area contributed by atoms with Crippen molar-refractivity contribution in [2.24, 2.45) is 0 Å². The molecular weight excluding hydrogens is 354 g/mol. The Hall–Kier alpha value is -2.91. The lowest BCUT2D eigenvalue weighted by Gasteiger charge is -2.31. The number of aryl methyl sites for hydroxylation is 1. The summed E-state index contributed by atoms with van der Waals surface area (Å²) in [5, 5.41) is 9.27. The van der Waals surface area contributed by atoms with Gasteiger partial charge in [0.1, 0.15) is 5.84 Å². The Morgan fingerprint density at radius 2 is 1.28 bits per heavy atom. The van der Waals surface area contributed by atoms with Crippen molar-refractivity contribution in [2.45, 2.75) is 19.3 Å². The van der Waals surface area contributed by atoms with E-state index in [0.29, 0.717) is 5.84 Å². The molecule has 3 aromatic rings. The Morgan fingerprint density at radius 3 is 1.76 bits per heavy atom. The van der Waals surface area contributed by atoms with E-state index < -0.39 is 0 Å². The second kappa shape index (κ2) is 10.0. The quantitative estimate of drug-likeness (QED) is 0.406. The van der Waals surface area contributed by atoms with Crippen LogP contribution in [0.25, 0.3) is 0 Å². The highest BCUT2D eigenvalue weighted by molar-refractivity contribution is 6.02. The number of amidine groups is 1. The molecule has 0 saturated heterocycles. The molecule has 0 bridgehead atoms. The van der Waals surface area contributed by atoms with Crippen LogP contribution in [0.5, 0.6) is 0 Å². The van der Waals surface area contributed by atoms with Crippen LogP contribution in [0.4, 0.5) is 5.69 Å². The van der Waals surface area contributed by atoms with Crippen molar-refractivity contribution in [3.63, 3.8) is 0 Å². The van der Waals surface area contributed by atoms with E-state index in [1.165, 1.54) is 5.56 Å². The molecule has 0 heterocycles. The van der Waals surface area contributed by atoms with E-state index in [9.17, 15) is 5.41 Å². The molecule has 0 aromatic heterocycles. The minimum absolute atomic E-state index is 0.0990. The SMILES string of the molecule is Cc1ccc(N(CCCN(C)C)C(=N)C(c2ccccc2)c2ccccc2)cc1. The van der Waals surface area contributed by atoms with Crippen molar-refractivity contribution in [1.82, 2.24) is 4.90 Å². The van der Waals surface area contributed by atoms with E-state index in [4.69, 9.17) is 0 Å². The molecule has 3 nitrogen and oxygen atoms in total. The molecule has 0 unspecified atom stereocenters. The Kier molecular flexibility index (Phi) is 7.20. The Labute approximate surface area is 175 Å².